The van der Waals surface area contributed by atoms with Crippen LogP contribution in [0.15, 0.2) is 30.3 Å². The van der Waals surface area contributed by atoms with Crippen LogP contribution in [-0.2, 0) is 10.2 Å². The Morgan fingerprint density at radius 1 is 1.38 bits per heavy atom. The number of nitrogens with one attached hydrogen (secondary N) is 1. The van der Waals surface area contributed by atoms with Crippen molar-refractivity contribution in [3.63, 3.8) is 0 Å². The summed E-state index contributed by atoms with van der Waals surface area (Å²) in [5.74, 6) is 0.218. The van der Waals surface area contributed by atoms with Gasteiger partial charge in [0, 0.05) is 6.54 Å². The Labute approximate surface area is 127 Å². The number of benzene rings is 1. The largest absolute Gasteiger partial charge is 0.388 e. The van der Waals surface area contributed by atoms with Gasteiger partial charge in [0.05, 0.1) is 11.0 Å². The first kappa shape index (κ1) is 16.0. The van der Waals surface area contributed by atoms with Gasteiger partial charge in [-0.15, -0.1) is 0 Å². The summed E-state index contributed by atoms with van der Waals surface area (Å²) in [4.78, 5) is 12.7. The van der Waals surface area contributed by atoms with Gasteiger partial charge in [0.15, 0.2) is 0 Å². The van der Waals surface area contributed by atoms with E-state index in [4.69, 9.17) is 0 Å². The van der Waals surface area contributed by atoms with Gasteiger partial charge >= 0.3 is 0 Å². The normalized spacial score (nSPS) is 21.0. The SMILES string of the molecule is CCC(C)C(C)(O)CNC(=O)C1(c2ccccc2)CCC1. The van der Waals surface area contributed by atoms with Crippen LogP contribution in [0.1, 0.15) is 52.0 Å². The lowest BCUT2D eigenvalue weighted by Crippen LogP contribution is -2.53. The van der Waals surface area contributed by atoms with Crippen molar-refractivity contribution in [2.45, 2.75) is 57.5 Å². The standard InChI is InChI=1S/C18H27NO2/c1-4-14(2)17(3,21)13-19-16(20)18(11-8-12-18)15-9-6-5-7-10-15/h5-7,9-10,14,21H,4,8,11-13H2,1-3H3,(H,19,20). The Bertz CT molecular complexity index is 477. The average molecular weight is 289 g/mol. The van der Waals surface area contributed by atoms with Gasteiger partial charge < -0.3 is 10.4 Å². The van der Waals surface area contributed by atoms with Gasteiger partial charge in [-0.1, -0.05) is 57.0 Å². The van der Waals surface area contributed by atoms with E-state index in [9.17, 15) is 9.90 Å². The number of carbonyl (C=O) groups is 1. The van der Waals surface area contributed by atoms with Crippen LogP contribution in [0, 0.1) is 5.92 Å². The minimum atomic E-state index is -0.855. The van der Waals surface area contributed by atoms with Crippen molar-refractivity contribution in [1.82, 2.24) is 5.32 Å². The zero-order chi connectivity index (χ0) is 15.5. The van der Waals surface area contributed by atoms with Crippen molar-refractivity contribution in [3.8, 4) is 0 Å². The highest BCUT2D eigenvalue weighted by atomic mass is 16.3. The Balaban J connectivity index is 2.05. The number of aliphatic hydroxyl groups is 1. The van der Waals surface area contributed by atoms with E-state index in [1.165, 1.54) is 0 Å². The molecule has 2 N–H and O–H groups in total. The second-order valence-corrected chi connectivity index (χ2v) is 6.65. The molecule has 2 rings (SSSR count). The molecule has 0 spiro atoms. The van der Waals surface area contributed by atoms with Crippen LogP contribution in [0.3, 0.4) is 0 Å². The van der Waals surface area contributed by atoms with Crippen LogP contribution >= 0.6 is 0 Å². The Kier molecular flexibility index (Phi) is 4.72. The quantitative estimate of drug-likeness (QED) is 0.845. The number of amides is 1. The van der Waals surface area contributed by atoms with E-state index < -0.39 is 5.60 Å². The fraction of sp³-hybridized carbons (Fsp3) is 0.611. The topological polar surface area (TPSA) is 49.3 Å². The molecule has 0 radical (unpaired) electrons. The molecule has 0 aliphatic heterocycles. The monoisotopic (exact) mass is 289 g/mol. The molecule has 3 heteroatoms. The molecule has 1 aliphatic rings. The Morgan fingerprint density at radius 3 is 2.48 bits per heavy atom. The van der Waals surface area contributed by atoms with E-state index in [1.54, 1.807) is 6.92 Å². The summed E-state index contributed by atoms with van der Waals surface area (Å²) < 4.78 is 0. The minimum absolute atomic E-state index is 0.0588. The van der Waals surface area contributed by atoms with E-state index in [2.05, 4.69) is 12.2 Å². The summed E-state index contributed by atoms with van der Waals surface area (Å²) in [6.45, 7) is 6.19. The van der Waals surface area contributed by atoms with Gasteiger partial charge in [0.1, 0.15) is 0 Å². The summed E-state index contributed by atoms with van der Waals surface area (Å²) in [6, 6.07) is 10.0. The maximum Gasteiger partial charge on any atom is 0.230 e. The molecule has 21 heavy (non-hydrogen) atoms. The van der Waals surface area contributed by atoms with Crippen LogP contribution in [0.5, 0.6) is 0 Å². The van der Waals surface area contributed by atoms with Gasteiger partial charge in [-0.05, 0) is 31.2 Å². The van der Waals surface area contributed by atoms with Crippen molar-refractivity contribution < 1.29 is 9.90 Å². The first-order valence-electron chi connectivity index (χ1n) is 7.98. The van der Waals surface area contributed by atoms with Crippen LogP contribution in [-0.4, -0.2) is 23.2 Å². The maximum absolute atomic E-state index is 12.7. The molecule has 0 bridgehead atoms. The van der Waals surface area contributed by atoms with E-state index in [0.29, 0.717) is 6.54 Å². The Hall–Kier alpha value is -1.35. The van der Waals surface area contributed by atoms with E-state index in [0.717, 1.165) is 31.2 Å². The fourth-order valence-corrected chi connectivity index (χ4v) is 2.98. The summed E-state index contributed by atoms with van der Waals surface area (Å²) >= 11 is 0. The van der Waals surface area contributed by atoms with Gasteiger partial charge in [0.25, 0.3) is 0 Å². The lowest BCUT2D eigenvalue weighted by Gasteiger charge is -2.41. The van der Waals surface area contributed by atoms with Crippen LogP contribution in [0.25, 0.3) is 0 Å². The molecular formula is C18H27NO2. The molecule has 1 aromatic carbocycles. The highest BCUT2D eigenvalue weighted by Gasteiger charge is 2.45. The summed E-state index contributed by atoms with van der Waals surface area (Å²) in [5, 5.41) is 13.4. The minimum Gasteiger partial charge on any atom is -0.388 e. The Morgan fingerprint density at radius 2 is 2.00 bits per heavy atom. The van der Waals surface area contributed by atoms with Gasteiger partial charge in [-0.3, -0.25) is 4.79 Å². The predicted octanol–water partition coefficient (Wildman–Crippen LogP) is 3.02. The molecule has 1 fully saturated rings. The van der Waals surface area contributed by atoms with Gasteiger partial charge in [-0.25, -0.2) is 0 Å². The molecule has 2 atom stereocenters. The molecule has 116 valence electrons. The van der Waals surface area contributed by atoms with Gasteiger partial charge in [0.2, 0.25) is 5.91 Å². The predicted molar refractivity (Wildman–Crippen MR) is 85.1 cm³/mol. The third-order valence-electron chi connectivity index (χ3n) is 5.25. The molecule has 1 aliphatic carbocycles. The number of hydrogen-bond donors (Lipinski definition) is 2. The second-order valence-electron chi connectivity index (χ2n) is 6.65. The molecule has 0 saturated heterocycles. The van der Waals surface area contributed by atoms with Crippen molar-refractivity contribution in [2.24, 2.45) is 5.92 Å². The molecule has 1 amide bonds. The first-order chi connectivity index (χ1) is 9.92. The lowest BCUT2D eigenvalue weighted by atomic mass is 9.63. The zero-order valence-electron chi connectivity index (χ0n) is 13.4. The number of hydrogen-bond acceptors (Lipinski definition) is 2. The third-order valence-corrected chi connectivity index (χ3v) is 5.25. The number of carbonyl (C=O) groups excluding carboxylic acids is 1. The molecule has 1 aromatic rings. The average Bonchev–Trinajstić information content (AvgIpc) is 2.44. The second kappa shape index (κ2) is 6.18. The molecule has 3 nitrogen and oxygen atoms in total. The number of rotatable bonds is 6. The summed E-state index contributed by atoms with van der Waals surface area (Å²) in [6.07, 6.45) is 3.78. The van der Waals surface area contributed by atoms with Crippen LogP contribution < -0.4 is 5.32 Å². The zero-order valence-corrected chi connectivity index (χ0v) is 13.4. The van der Waals surface area contributed by atoms with Crippen molar-refractivity contribution in [3.05, 3.63) is 35.9 Å². The smallest absolute Gasteiger partial charge is 0.230 e. The third kappa shape index (κ3) is 3.13. The van der Waals surface area contributed by atoms with E-state index in [-0.39, 0.29) is 17.2 Å². The molecular weight excluding hydrogens is 262 g/mol. The first-order valence-corrected chi connectivity index (χ1v) is 7.98. The molecule has 0 aromatic heterocycles. The fourth-order valence-electron chi connectivity index (χ4n) is 2.98. The van der Waals surface area contributed by atoms with E-state index >= 15 is 0 Å². The van der Waals surface area contributed by atoms with Crippen molar-refractivity contribution in [2.75, 3.05) is 6.54 Å². The van der Waals surface area contributed by atoms with Crippen molar-refractivity contribution >= 4 is 5.91 Å². The molecule has 2 unspecified atom stereocenters. The summed E-state index contributed by atoms with van der Waals surface area (Å²) in [5.41, 5.74) is -0.143. The lowest BCUT2D eigenvalue weighted by molar-refractivity contribution is -0.131. The van der Waals surface area contributed by atoms with Crippen molar-refractivity contribution in [1.29, 1.82) is 0 Å². The summed E-state index contributed by atoms with van der Waals surface area (Å²) in [7, 11) is 0. The molecule has 1 saturated carbocycles. The van der Waals surface area contributed by atoms with Gasteiger partial charge in [-0.2, -0.15) is 0 Å². The van der Waals surface area contributed by atoms with Crippen LogP contribution in [0.2, 0.25) is 0 Å². The molecule has 0 heterocycles. The van der Waals surface area contributed by atoms with E-state index in [1.807, 2.05) is 37.3 Å². The van der Waals surface area contributed by atoms with Crippen LogP contribution in [0.4, 0.5) is 0 Å². The highest BCUT2D eigenvalue weighted by molar-refractivity contribution is 5.89. The maximum atomic E-state index is 12.7. The highest BCUT2D eigenvalue weighted by Crippen LogP contribution is 2.43.